The third kappa shape index (κ3) is 2.01. The minimum atomic E-state index is -0.477. The first-order valence-corrected chi connectivity index (χ1v) is 4.70. The van der Waals surface area contributed by atoms with Crippen LogP contribution in [0.25, 0.3) is 11.5 Å². The van der Waals surface area contributed by atoms with E-state index < -0.39 is 4.92 Å². The van der Waals surface area contributed by atoms with Crippen molar-refractivity contribution in [3.05, 3.63) is 39.1 Å². The van der Waals surface area contributed by atoms with Crippen LogP contribution >= 0.6 is 15.9 Å². The first-order chi connectivity index (χ1) is 7.16. The number of nitrogens with zero attached hydrogens (tertiary/aromatic N) is 3. The van der Waals surface area contributed by atoms with E-state index >= 15 is 0 Å². The van der Waals surface area contributed by atoms with Crippen molar-refractivity contribution in [1.82, 2.24) is 10.1 Å². The summed E-state index contributed by atoms with van der Waals surface area (Å²) in [4.78, 5) is 13.9. The molecule has 0 bridgehead atoms. The van der Waals surface area contributed by atoms with Gasteiger partial charge in [0.05, 0.1) is 4.92 Å². The highest BCUT2D eigenvalue weighted by atomic mass is 79.9. The fourth-order valence-electron chi connectivity index (χ4n) is 1.08. The topological polar surface area (TPSA) is 82.1 Å². The SMILES string of the molecule is O=[N+]([O-])c1cccc(-c2nc(Br)no2)c1. The maximum absolute atomic E-state index is 10.5. The molecule has 0 aliphatic rings. The largest absolute Gasteiger partial charge is 0.333 e. The molecule has 7 heteroatoms. The Morgan fingerprint density at radius 3 is 2.87 bits per heavy atom. The molecule has 0 aliphatic carbocycles. The maximum Gasteiger partial charge on any atom is 0.270 e. The standard InChI is InChI=1S/C8H4BrN3O3/c9-8-10-7(15-11-8)5-2-1-3-6(4-5)12(13)14/h1-4H. The summed E-state index contributed by atoms with van der Waals surface area (Å²) < 4.78 is 5.16. The number of hydrogen-bond donors (Lipinski definition) is 0. The Hall–Kier alpha value is -1.76. The van der Waals surface area contributed by atoms with Crippen molar-refractivity contribution in [3.63, 3.8) is 0 Å². The highest BCUT2D eigenvalue weighted by molar-refractivity contribution is 9.10. The zero-order chi connectivity index (χ0) is 10.8. The Kier molecular flexibility index (Phi) is 2.46. The van der Waals surface area contributed by atoms with Crippen LogP contribution in [-0.4, -0.2) is 15.1 Å². The molecule has 0 saturated carbocycles. The number of benzene rings is 1. The van der Waals surface area contributed by atoms with Crippen LogP contribution in [0.1, 0.15) is 0 Å². The predicted octanol–water partition coefficient (Wildman–Crippen LogP) is 2.41. The lowest BCUT2D eigenvalue weighted by atomic mass is 10.2. The van der Waals surface area contributed by atoms with Crippen LogP contribution in [0.5, 0.6) is 0 Å². The van der Waals surface area contributed by atoms with Gasteiger partial charge in [0, 0.05) is 17.7 Å². The molecule has 0 spiro atoms. The minimum absolute atomic E-state index is 0.0122. The van der Waals surface area contributed by atoms with E-state index in [0.717, 1.165) is 0 Å². The zero-order valence-electron chi connectivity index (χ0n) is 7.25. The second-order valence-corrected chi connectivity index (χ2v) is 3.39. The number of rotatable bonds is 2. The predicted molar refractivity (Wildman–Crippen MR) is 54.1 cm³/mol. The Balaban J connectivity index is 2.45. The summed E-state index contributed by atoms with van der Waals surface area (Å²) in [5.41, 5.74) is 0.504. The van der Waals surface area contributed by atoms with Crippen LogP contribution in [0.4, 0.5) is 5.69 Å². The quantitative estimate of drug-likeness (QED) is 0.618. The third-order valence-electron chi connectivity index (χ3n) is 1.71. The van der Waals surface area contributed by atoms with Gasteiger partial charge in [-0.1, -0.05) is 6.07 Å². The molecule has 15 heavy (non-hydrogen) atoms. The van der Waals surface area contributed by atoms with Gasteiger partial charge in [-0.15, -0.1) is 0 Å². The molecule has 0 amide bonds. The molecule has 0 radical (unpaired) electrons. The van der Waals surface area contributed by atoms with E-state index in [2.05, 4.69) is 26.1 Å². The molecule has 2 rings (SSSR count). The summed E-state index contributed by atoms with van der Waals surface area (Å²) in [6.07, 6.45) is 0. The molecule has 1 heterocycles. The normalized spacial score (nSPS) is 10.2. The third-order valence-corrected chi connectivity index (χ3v) is 2.03. The second-order valence-electron chi connectivity index (χ2n) is 2.68. The van der Waals surface area contributed by atoms with E-state index in [1.54, 1.807) is 12.1 Å². The minimum Gasteiger partial charge on any atom is -0.333 e. The summed E-state index contributed by atoms with van der Waals surface area (Å²) in [5.74, 6) is 0.241. The van der Waals surface area contributed by atoms with Crippen LogP contribution in [-0.2, 0) is 0 Å². The van der Waals surface area contributed by atoms with Gasteiger partial charge in [-0.25, -0.2) is 0 Å². The molecule has 1 aromatic carbocycles. The average molecular weight is 270 g/mol. The molecule has 0 fully saturated rings. The molecule has 6 nitrogen and oxygen atoms in total. The zero-order valence-corrected chi connectivity index (χ0v) is 8.84. The Morgan fingerprint density at radius 2 is 2.27 bits per heavy atom. The van der Waals surface area contributed by atoms with E-state index in [1.807, 2.05) is 0 Å². The molecule has 1 aromatic heterocycles. The first-order valence-electron chi connectivity index (χ1n) is 3.91. The van der Waals surface area contributed by atoms with E-state index in [1.165, 1.54) is 12.1 Å². The van der Waals surface area contributed by atoms with E-state index in [-0.39, 0.29) is 11.6 Å². The lowest BCUT2D eigenvalue weighted by Gasteiger charge is -1.93. The van der Waals surface area contributed by atoms with Crippen LogP contribution in [0.3, 0.4) is 0 Å². The van der Waals surface area contributed by atoms with Crippen molar-refractivity contribution in [2.75, 3.05) is 0 Å². The van der Waals surface area contributed by atoms with Gasteiger partial charge in [-0.05, 0) is 27.2 Å². The molecule has 0 unspecified atom stereocenters. The average Bonchev–Trinajstić information content (AvgIpc) is 2.65. The Labute approximate surface area is 92.2 Å². The molecule has 0 aliphatic heterocycles. The number of nitro benzene ring substituents is 1. The number of aromatic nitrogens is 2. The van der Waals surface area contributed by atoms with Gasteiger partial charge in [-0.2, -0.15) is 4.98 Å². The monoisotopic (exact) mass is 269 g/mol. The Morgan fingerprint density at radius 1 is 1.47 bits per heavy atom. The fourth-order valence-corrected chi connectivity index (χ4v) is 1.31. The van der Waals surface area contributed by atoms with Gasteiger partial charge in [0.2, 0.25) is 4.73 Å². The van der Waals surface area contributed by atoms with Crippen LogP contribution in [0, 0.1) is 10.1 Å². The highest BCUT2D eigenvalue weighted by Gasteiger charge is 2.11. The summed E-state index contributed by atoms with van der Waals surface area (Å²) in [6, 6.07) is 5.99. The fraction of sp³-hybridized carbons (Fsp3) is 0. The highest BCUT2D eigenvalue weighted by Crippen LogP contribution is 2.22. The molecule has 2 aromatic rings. The number of hydrogen-bond acceptors (Lipinski definition) is 5. The van der Waals surface area contributed by atoms with Crippen molar-refractivity contribution in [2.45, 2.75) is 0 Å². The van der Waals surface area contributed by atoms with Crippen LogP contribution in [0.2, 0.25) is 0 Å². The molecule has 76 valence electrons. The van der Waals surface area contributed by atoms with Gasteiger partial charge in [0.15, 0.2) is 0 Å². The van der Waals surface area contributed by atoms with E-state index in [9.17, 15) is 10.1 Å². The van der Waals surface area contributed by atoms with Crippen LogP contribution < -0.4 is 0 Å². The molecular weight excluding hydrogens is 266 g/mol. The van der Waals surface area contributed by atoms with Gasteiger partial charge in [0.1, 0.15) is 0 Å². The van der Waals surface area contributed by atoms with Gasteiger partial charge in [-0.3, -0.25) is 10.1 Å². The van der Waals surface area contributed by atoms with Gasteiger partial charge in [0.25, 0.3) is 11.6 Å². The summed E-state index contributed by atoms with van der Waals surface area (Å²) in [5, 5.41) is 14.0. The van der Waals surface area contributed by atoms with Crippen molar-refractivity contribution >= 4 is 21.6 Å². The lowest BCUT2D eigenvalue weighted by Crippen LogP contribution is -1.87. The maximum atomic E-state index is 10.5. The molecule has 0 N–H and O–H groups in total. The van der Waals surface area contributed by atoms with Gasteiger partial charge >= 0.3 is 0 Å². The van der Waals surface area contributed by atoms with E-state index in [0.29, 0.717) is 10.3 Å². The molecule has 0 saturated heterocycles. The van der Waals surface area contributed by atoms with Crippen molar-refractivity contribution in [2.24, 2.45) is 0 Å². The lowest BCUT2D eigenvalue weighted by molar-refractivity contribution is -0.384. The molecule has 0 atom stereocenters. The smallest absolute Gasteiger partial charge is 0.270 e. The van der Waals surface area contributed by atoms with Crippen molar-refractivity contribution < 1.29 is 9.45 Å². The van der Waals surface area contributed by atoms with Crippen molar-refractivity contribution in [3.8, 4) is 11.5 Å². The Bertz CT molecular complexity index is 511. The number of non-ortho nitro benzene ring substituents is 1. The van der Waals surface area contributed by atoms with E-state index in [4.69, 9.17) is 4.52 Å². The first kappa shape index (κ1) is 9.78. The van der Waals surface area contributed by atoms with Crippen LogP contribution in [0.15, 0.2) is 33.5 Å². The summed E-state index contributed by atoms with van der Waals surface area (Å²) >= 11 is 3.03. The summed E-state index contributed by atoms with van der Waals surface area (Å²) in [7, 11) is 0. The number of halogens is 1. The molecular formula is C8H4BrN3O3. The second kappa shape index (κ2) is 3.77. The number of nitro groups is 1. The van der Waals surface area contributed by atoms with Crippen molar-refractivity contribution in [1.29, 1.82) is 0 Å². The summed E-state index contributed by atoms with van der Waals surface area (Å²) in [6.45, 7) is 0. The van der Waals surface area contributed by atoms with Gasteiger partial charge < -0.3 is 4.52 Å².